The summed E-state index contributed by atoms with van der Waals surface area (Å²) in [6.07, 6.45) is 3.65. The van der Waals surface area contributed by atoms with Gasteiger partial charge < -0.3 is 0 Å². The molecule has 0 amide bonds. The number of hydrogen-bond acceptors (Lipinski definition) is 3. The molecule has 0 bridgehead atoms. The van der Waals surface area contributed by atoms with Gasteiger partial charge in [0, 0.05) is 10.8 Å². The predicted octanol–water partition coefficient (Wildman–Crippen LogP) is 9.20. The molecule has 178 valence electrons. The summed E-state index contributed by atoms with van der Waals surface area (Å²) in [6, 6.07) is 44.1. The third-order valence-corrected chi connectivity index (χ3v) is 6.91. The molecule has 0 N–H and O–H groups in total. The lowest BCUT2D eigenvalue weighted by molar-refractivity contribution is 1.27. The van der Waals surface area contributed by atoms with Crippen LogP contribution >= 0.6 is 0 Å². The molecule has 0 radical (unpaired) electrons. The highest BCUT2D eigenvalue weighted by Gasteiger charge is 2.04. The maximum Gasteiger partial charge on any atom is 0.0820 e. The van der Waals surface area contributed by atoms with Crippen molar-refractivity contribution in [3.05, 3.63) is 139 Å². The Morgan fingerprint density at radius 3 is 1.26 bits per heavy atom. The van der Waals surface area contributed by atoms with Gasteiger partial charge in [-0.25, -0.2) is 4.98 Å². The average molecular weight is 486 g/mol. The van der Waals surface area contributed by atoms with Crippen molar-refractivity contribution in [1.29, 1.82) is 0 Å². The van der Waals surface area contributed by atoms with E-state index in [1.807, 2.05) is 54.9 Å². The smallest absolute Gasteiger partial charge is 0.0820 e. The first-order chi connectivity index (χ1) is 18.8. The molecule has 0 atom stereocenters. The van der Waals surface area contributed by atoms with Crippen molar-refractivity contribution in [3.63, 3.8) is 0 Å². The van der Waals surface area contributed by atoms with Crippen LogP contribution in [0.1, 0.15) is 11.4 Å². The molecular weight excluding hydrogens is 462 g/mol. The van der Waals surface area contributed by atoms with Crippen molar-refractivity contribution in [1.82, 2.24) is 4.98 Å². The van der Waals surface area contributed by atoms with Crippen molar-refractivity contribution in [3.8, 4) is 0 Å². The number of nitrogens with zero attached hydrogens (tertiary/aromatic N) is 3. The Balaban J connectivity index is 1.20. The summed E-state index contributed by atoms with van der Waals surface area (Å²) in [6.45, 7) is 0. The van der Waals surface area contributed by atoms with E-state index in [2.05, 4.69) is 84.9 Å². The van der Waals surface area contributed by atoms with Gasteiger partial charge in [-0.3, -0.25) is 9.98 Å². The monoisotopic (exact) mass is 485 g/mol. The van der Waals surface area contributed by atoms with Crippen LogP contribution in [0, 0.1) is 0 Å². The molecule has 0 aliphatic carbocycles. The number of aliphatic imine (C=N–C) groups is 2. The molecule has 7 rings (SSSR count). The van der Waals surface area contributed by atoms with Gasteiger partial charge in [0.25, 0.3) is 0 Å². The van der Waals surface area contributed by atoms with Crippen LogP contribution in [0.2, 0.25) is 0 Å². The zero-order valence-corrected chi connectivity index (χ0v) is 20.6. The molecule has 1 heterocycles. The third kappa shape index (κ3) is 4.21. The second-order valence-electron chi connectivity index (χ2n) is 9.40. The quantitative estimate of drug-likeness (QED) is 0.181. The first-order valence-corrected chi connectivity index (χ1v) is 12.7. The molecule has 0 spiro atoms. The van der Waals surface area contributed by atoms with Crippen LogP contribution in [0.3, 0.4) is 0 Å². The Morgan fingerprint density at radius 1 is 0.395 bits per heavy atom. The topological polar surface area (TPSA) is 37.6 Å². The Labute approximate surface area is 220 Å². The fourth-order valence-corrected chi connectivity index (χ4v) is 5.01. The van der Waals surface area contributed by atoms with Gasteiger partial charge >= 0.3 is 0 Å². The lowest BCUT2D eigenvalue weighted by Gasteiger charge is -2.05. The minimum absolute atomic E-state index is 0.788. The van der Waals surface area contributed by atoms with Crippen LogP contribution in [0.5, 0.6) is 0 Å². The fourth-order valence-electron chi connectivity index (χ4n) is 5.01. The molecule has 3 nitrogen and oxygen atoms in total. The lowest BCUT2D eigenvalue weighted by Crippen LogP contribution is -1.93. The molecule has 1 aromatic heterocycles. The molecule has 0 fully saturated rings. The van der Waals surface area contributed by atoms with Crippen molar-refractivity contribution in [2.75, 3.05) is 0 Å². The molecule has 0 saturated carbocycles. The van der Waals surface area contributed by atoms with Gasteiger partial charge in [0.1, 0.15) is 0 Å². The standard InChI is InChI=1S/C35H23N3/c1-3-10-26-20-32-28(18-24(26)8-1)12-5-16-34(32)36-22-30-14-7-15-31(38-30)23-37-35-17-6-13-29-19-25-9-2-4-11-27(25)21-33(29)35/h1-23H/b36-22+,37-23+. The molecule has 0 aliphatic rings. The van der Waals surface area contributed by atoms with Crippen molar-refractivity contribution in [2.45, 2.75) is 0 Å². The molecule has 7 aromatic rings. The van der Waals surface area contributed by atoms with Crippen molar-refractivity contribution in [2.24, 2.45) is 9.98 Å². The molecule has 0 saturated heterocycles. The van der Waals surface area contributed by atoms with Gasteiger partial charge in [0.15, 0.2) is 0 Å². The number of pyridine rings is 1. The molecular formula is C35H23N3. The SMILES string of the molecule is C(=N\c1cccc2cc3ccccc3cc12)/c1cccc(/C=N/c2cccc3cc4ccccc4cc23)n1. The Bertz CT molecular complexity index is 1890. The van der Waals surface area contributed by atoms with E-state index >= 15 is 0 Å². The van der Waals surface area contributed by atoms with E-state index in [4.69, 9.17) is 15.0 Å². The number of aromatic nitrogens is 1. The summed E-state index contributed by atoms with van der Waals surface area (Å²) >= 11 is 0. The largest absolute Gasteiger partial charge is 0.254 e. The fraction of sp³-hybridized carbons (Fsp3) is 0. The van der Waals surface area contributed by atoms with Crippen LogP contribution in [-0.4, -0.2) is 17.4 Å². The first kappa shape index (κ1) is 22.1. The lowest BCUT2D eigenvalue weighted by atomic mass is 10.0. The van der Waals surface area contributed by atoms with Crippen LogP contribution in [0.25, 0.3) is 43.1 Å². The Hall–Kier alpha value is -5.15. The van der Waals surface area contributed by atoms with Crippen LogP contribution in [0.15, 0.2) is 137 Å². The summed E-state index contributed by atoms with van der Waals surface area (Å²) in [5, 5.41) is 9.49. The van der Waals surface area contributed by atoms with Gasteiger partial charge in [0.2, 0.25) is 0 Å². The first-order valence-electron chi connectivity index (χ1n) is 12.7. The van der Waals surface area contributed by atoms with E-state index in [0.717, 1.165) is 33.5 Å². The Kier molecular flexibility index (Phi) is 5.45. The van der Waals surface area contributed by atoms with Crippen LogP contribution in [-0.2, 0) is 0 Å². The van der Waals surface area contributed by atoms with E-state index in [1.165, 1.54) is 32.3 Å². The average Bonchev–Trinajstić information content (AvgIpc) is 2.97. The van der Waals surface area contributed by atoms with Crippen LogP contribution < -0.4 is 0 Å². The highest BCUT2D eigenvalue weighted by molar-refractivity contribution is 6.05. The zero-order valence-electron chi connectivity index (χ0n) is 20.6. The van der Waals surface area contributed by atoms with Crippen molar-refractivity contribution < 1.29 is 0 Å². The number of hydrogen-bond donors (Lipinski definition) is 0. The summed E-state index contributed by atoms with van der Waals surface area (Å²) in [5.41, 5.74) is 3.43. The number of benzene rings is 6. The number of fused-ring (bicyclic) bond motifs is 4. The van der Waals surface area contributed by atoms with E-state index in [0.29, 0.717) is 0 Å². The summed E-state index contributed by atoms with van der Waals surface area (Å²) in [4.78, 5) is 14.4. The second kappa shape index (κ2) is 9.38. The maximum atomic E-state index is 4.81. The molecule has 3 heteroatoms. The summed E-state index contributed by atoms with van der Waals surface area (Å²) in [5.74, 6) is 0. The predicted molar refractivity (Wildman–Crippen MR) is 162 cm³/mol. The van der Waals surface area contributed by atoms with Gasteiger partial charge in [-0.2, -0.15) is 0 Å². The number of rotatable bonds is 4. The van der Waals surface area contributed by atoms with E-state index < -0.39 is 0 Å². The normalized spacial score (nSPS) is 12.0. The summed E-state index contributed by atoms with van der Waals surface area (Å²) in [7, 11) is 0. The van der Waals surface area contributed by atoms with Gasteiger partial charge in [-0.05, 0) is 80.8 Å². The molecule has 0 aliphatic heterocycles. The Morgan fingerprint density at radius 2 is 0.789 bits per heavy atom. The van der Waals surface area contributed by atoms with Crippen molar-refractivity contribution >= 4 is 66.9 Å². The minimum atomic E-state index is 0.788. The summed E-state index contributed by atoms with van der Waals surface area (Å²) < 4.78 is 0. The molecule has 38 heavy (non-hydrogen) atoms. The van der Waals surface area contributed by atoms with E-state index in [9.17, 15) is 0 Å². The minimum Gasteiger partial charge on any atom is -0.254 e. The van der Waals surface area contributed by atoms with Gasteiger partial charge in [-0.15, -0.1) is 0 Å². The zero-order chi connectivity index (χ0) is 25.3. The highest BCUT2D eigenvalue weighted by atomic mass is 14.8. The van der Waals surface area contributed by atoms with Gasteiger partial charge in [0.05, 0.1) is 35.2 Å². The third-order valence-electron chi connectivity index (χ3n) is 6.91. The second-order valence-corrected chi connectivity index (χ2v) is 9.40. The van der Waals surface area contributed by atoms with E-state index in [-0.39, 0.29) is 0 Å². The maximum absolute atomic E-state index is 4.81. The molecule has 6 aromatic carbocycles. The highest BCUT2D eigenvalue weighted by Crippen LogP contribution is 2.31. The van der Waals surface area contributed by atoms with E-state index in [1.54, 1.807) is 0 Å². The van der Waals surface area contributed by atoms with Crippen LogP contribution in [0.4, 0.5) is 11.4 Å². The van der Waals surface area contributed by atoms with Gasteiger partial charge in [-0.1, -0.05) is 78.9 Å². The molecule has 0 unspecified atom stereocenters.